The molecule has 0 aromatic heterocycles. The van der Waals surface area contributed by atoms with E-state index in [-0.39, 0.29) is 0 Å². The van der Waals surface area contributed by atoms with Crippen LogP contribution in [0.25, 0.3) is 0 Å². The minimum atomic E-state index is -0.691. The fourth-order valence-electron chi connectivity index (χ4n) is 1.91. The van der Waals surface area contributed by atoms with Crippen LogP contribution in [0.4, 0.5) is 0 Å². The normalized spacial score (nSPS) is 11.1. The zero-order valence-corrected chi connectivity index (χ0v) is 12.4. The maximum atomic E-state index is 2.41. The molecule has 0 aliphatic heterocycles. The summed E-state index contributed by atoms with van der Waals surface area (Å²) < 4.78 is 0. The molecule has 0 radical (unpaired) electrons. The Morgan fingerprint density at radius 2 is 1.23 bits per heavy atom. The van der Waals surface area contributed by atoms with E-state index in [1.807, 2.05) is 0 Å². The van der Waals surface area contributed by atoms with E-state index in [0.29, 0.717) is 0 Å². The molecule has 0 amide bonds. The summed E-state index contributed by atoms with van der Waals surface area (Å²) in [6, 6.07) is 0. The molecule has 0 aromatic carbocycles. The second kappa shape index (κ2) is 10.6. The summed E-state index contributed by atoms with van der Waals surface area (Å²) in [7, 11) is 0. The van der Waals surface area contributed by atoms with Gasteiger partial charge in [-0.3, -0.25) is 0 Å². The summed E-state index contributed by atoms with van der Waals surface area (Å²) in [6.07, 6.45) is 8.87. The first-order chi connectivity index (χ1) is 6.35. The number of rotatable bonds is 9. The molecule has 0 saturated carbocycles. The van der Waals surface area contributed by atoms with Crippen molar-refractivity contribution in [3.05, 3.63) is 0 Å². The van der Waals surface area contributed by atoms with Crippen LogP contribution in [0.5, 0.6) is 0 Å². The molecule has 0 bridgehead atoms. The first-order valence-electron chi connectivity index (χ1n) is 6.35. The van der Waals surface area contributed by atoms with Crippen LogP contribution in [0, 0.1) is 0 Å². The molecule has 0 heterocycles. The van der Waals surface area contributed by atoms with Crippen LogP contribution < -0.4 is 0 Å². The predicted molar refractivity (Wildman–Crippen MR) is 66.3 cm³/mol. The van der Waals surface area contributed by atoms with Crippen molar-refractivity contribution in [2.45, 2.75) is 75.1 Å². The standard InChI is InChI=1S/C12H28Ge/c1-4-7-8-9-10-11-12-13(5-2)6-3/h13H,4-12H2,1-3H3. The summed E-state index contributed by atoms with van der Waals surface area (Å²) in [5, 5.41) is 4.79. The second-order valence-electron chi connectivity index (χ2n) is 4.24. The van der Waals surface area contributed by atoms with Gasteiger partial charge in [-0.1, -0.05) is 0 Å². The summed E-state index contributed by atoms with van der Waals surface area (Å²) in [6.45, 7) is 7.11. The van der Waals surface area contributed by atoms with E-state index in [9.17, 15) is 0 Å². The van der Waals surface area contributed by atoms with Gasteiger partial charge < -0.3 is 0 Å². The Morgan fingerprint density at radius 1 is 0.692 bits per heavy atom. The van der Waals surface area contributed by atoms with E-state index < -0.39 is 14.3 Å². The van der Waals surface area contributed by atoms with Crippen LogP contribution in [-0.4, -0.2) is 14.3 Å². The van der Waals surface area contributed by atoms with Crippen molar-refractivity contribution in [3.63, 3.8) is 0 Å². The van der Waals surface area contributed by atoms with Gasteiger partial charge >= 0.3 is 89.4 Å². The average molecular weight is 245 g/mol. The van der Waals surface area contributed by atoms with Crippen molar-refractivity contribution in [1.29, 1.82) is 0 Å². The summed E-state index contributed by atoms with van der Waals surface area (Å²) in [5.41, 5.74) is 0. The molecule has 80 valence electrons. The molecule has 0 saturated heterocycles. The maximum absolute atomic E-state index is 2.41. The third-order valence-corrected chi connectivity index (χ3v) is 10.5. The number of unbranched alkanes of at least 4 members (excludes halogenated alkanes) is 5. The number of hydrogen-bond donors (Lipinski definition) is 0. The summed E-state index contributed by atoms with van der Waals surface area (Å²) in [4.78, 5) is 0. The Labute approximate surface area is 89.6 Å². The molecule has 0 spiro atoms. The van der Waals surface area contributed by atoms with Gasteiger partial charge in [0.25, 0.3) is 0 Å². The molecule has 0 N–H and O–H groups in total. The molecule has 0 aromatic rings. The van der Waals surface area contributed by atoms with Crippen LogP contribution in [0.2, 0.25) is 15.8 Å². The van der Waals surface area contributed by atoms with Crippen LogP contribution in [0.15, 0.2) is 0 Å². The SMILES string of the molecule is CCCCCCC[CH2][GeH]([CH2]C)[CH2]C. The van der Waals surface area contributed by atoms with Gasteiger partial charge in [-0.15, -0.1) is 0 Å². The molecule has 0 fully saturated rings. The van der Waals surface area contributed by atoms with Crippen molar-refractivity contribution < 1.29 is 0 Å². The molecule has 13 heavy (non-hydrogen) atoms. The van der Waals surface area contributed by atoms with E-state index in [1.54, 1.807) is 22.2 Å². The Balaban J connectivity index is 3.05. The van der Waals surface area contributed by atoms with Crippen LogP contribution in [0.3, 0.4) is 0 Å². The fraction of sp³-hybridized carbons (Fsp3) is 1.00. The van der Waals surface area contributed by atoms with E-state index in [4.69, 9.17) is 0 Å². The summed E-state index contributed by atoms with van der Waals surface area (Å²) >= 11 is -0.691. The zero-order chi connectivity index (χ0) is 9.94. The van der Waals surface area contributed by atoms with Gasteiger partial charge in [0.05, 0.1) is 0 Å². The van der Waals surface area contributed by atoms with Gasteiger partial charge in [0.15, 0.2) is 0 Å². The molecule has 0 aliphatic rings. The topological polar surface area (TPSA) is 0 Å². The second-order valence-corrected chi connectivity index (χ2v) is 12.5. The molecular formula is C12H28Ge. The van der Waals surface area contributed by atoms with Crippen LogP contribution >= 0.6 is 0 Å². The Hall–Kier alpha value is 0.543. The monoisotopic (exact) mass is 246 g/mol. The van der Waals surface area contributed by atoms with E-state index in [1.165, 1.54) is 32.1 Å². The van der Waals surface area contributed by atoms with Crippen molar-refractivity contribution in [3.8, 4) is 0 Å². The van der Waals surface area contributed by atoms with E-state index in [0.717, 1.165) is 0 Å². The summed E-state index contributed by atoms with van der Waals surface area (Å²) in [5.74, 6) is 0. The zero-order valence-electron chi connectivity index (χ0n) is 9.94. The van der Waals surface area contributed by atoms with Gasteiger partial charge in [-0.2, -0.15) is 0 Å². The molecule has 0 atom stereocenters. The van der Waals surface area contributed by atoms with Gasteiger partial charge in [-0.25, -0.2) is 0 Å². The van der Waals surface area contributed by atoms with Gasteiger partial charge in [0, 0.05) is 0 Å². The molecule has 0 nitrogen and oxygen atoms in total. The Morgan fingerprint density at radius 3 is 1.77 bits per heavy atom. The quantitative estimate of drug-likeness (QED) is 0.410. The fourth-order valence-corrected chi connectivity index (χ4v) is 6.65. The molecule has 0 unspecified atom stereocenters. The van der Waals surface area contributed by atoms with Gasteiger partial charge in [0.1, 0.15) is 0 Å². The third kappa shape index (κ3) is 8.86. The van der Waals surface area contributed by atoms with Crippen LogP contribution in [0.1, 0.15) is 59.3 Å². The third-order valence-electron chi connectivity index (χ3n) is 3.12. The van der Waals surface area contributed by atoms with Gasteiger partial charge in [0.2, 0.25) is 0 Å². The van der Waals surface area contributed by atoms with Crippen LogP contribution in [-0.2, 0) is 0 Å². The molecule has 1 heteroatoms. The molecular weight excluding hydrogens is 217 g/mol. The van der Waals surface area contributed by atoms with E-state index >= 15 is 0 Å². The predicted octanol–water partition coefficient (Wildman–Crippen LogP) is 4.61. The Bertz CT molecular complexity index is 87.1. The van der Waals surface area contributed by atoms with Crippen molar-refractivity contribution in [2.24, 2.45) is 0 Å². The van der Waals surface area contributed by atoms with E-state index in [2.05, 4.69) is 20.8 Å². The number of hydrogen-bond acceptors (Lipinski definition) is 0. The Kier molecular flexibility index (Phi) is 11.1. The van der Waals surface area contributed by atoms with Crippen molar-refractivity contribution in [2.75, 3.05) is 0 Å². The first kappa shape index (κ1) is 13.5. The first-order valence-corrected chi connectivity index (χ1v) is 11.5. The molecule has 0 aliphatic carbocycles. The van der Waals surface area contributed by atoms with Crippen molar-refractivity contribution >= 4 is 14.3 Å². The minimum absolute atomic E-state index is 0.691. The van der Waals surface area contributed by atoms with Gasteiger partial charge in [-0.05, 0) is 0 Å². The van der Waals surface area contributed by atoms with Crippen molar-refractivity contribution in [1.82, 2.24) is 0 Å². The molecule has 0 rings (SSSR count). The average Bonchev–Trinajstić information content (AvgIpc) is 2.17.